The first-order valence-electron chi connectivity index (χ1n) is 8.74. The average Bonchev–Trinajstić information content (AvgIpc) is 3.39. The molecule has 26 heavy (non-hydrogen) atoms. The average molecular weight is 380 g/mol. The summed E-state index contributed by atoms with van der Waals surface area (Å²) in [5.74, 6) is -0.377. The molecule has 9 heteroatoms. The molecule has 2 N–H and O–H groups in total. The summed E-state index contributed by atoms with van der Waals surface area (Å²) in [7, 11) is -3.51. The second-order valence-electron chi connectivity index (χ2n) is 6.79. The predicted octanol–water partition coefficient (Wildman–Crippen LogP) is 0.290. The molecule has 8 nitrogen and oxygen atoms in total. The molecule has 2 fully saturated rings. The smallest absolute Gasteiger partial charge is 0.321 e. The number of amides is 3. The van der Waals surface area contributed by atoms with Crippen molar-refractivity contribution >= 4 is 22.0 Å². The molecule has 3 rings (SSSR count). The van der Waals surface area contributed by atoms with Gasteiger partial charge in [0.2, 0.25) is 15.9 Å². The minimum atomic E-state index is -3.51. The van der Waals surface area contributed by atoms with Gasteiger partial charge in [0.05, 0.1) is 11.4 Å². The number of piperazine rings is 1. The van der Waals surface area contributed by atoms with Crippen LogP contribution in [0, 0.1) is 6.92 Å². The fourth-order valence-corrected chi connectivity index (χ4v) is 4.23. The second kappa shape index (κ2) is 7.73. The molecular weight excluding hydrogens is 356 g/mol. The monoisotopic (exact) mass is 380 g/mol. The van der Waals surface area contributed by atoms with Crippen molar-refractivity contribution in [1.82, 2.24) is 19.8 Å². The van der Waals surface area contributed by atoms with Crippen molar-refractivity contribution in [1.29, 1.82) is 0 Å². The predicted molar refractivity (Wildman–Crippen MR) is 96.1 cm³/mol. The number of nitrogens with one attached hydrogen (secondary N) is 2. The van der Waals surface area contributed by atoms with E-state index in [0.717, 1.165) is 18.4 Å². The molecular formula is C17H24N4O4S. The fourth-order valence-electron chi connectivity index (χ4n) is 2.81. The fraction of sp³-hybridized carbons (Fsp3) is 0.529. The van der Waals surface area contributed by atoms with Crippen LogP contribution in [-0.4, -0.2) is 68.3 Å². The number of carbonyl (C=O) groups is 2. The maximum absolute atomic E-state index is 12.7. The van der Waals surface area contributed by atoms with Gasteiger partial charge in [-0.3, -0.25) is 15.0 Å². The normalized spacial score (nSPS) is 19.1. The van der Waals surface area contributed by atoms with E-state index in [1.165, 1.54) is 4.31 Å². The van der Waals surface area contributed by atoms with Gasteiger partial charge < -0.3 is 5.32 Å². The minimum absolute atomic E-state index is 0.0799. The van der Waals surface area contributed by atoms with Gasteiger partial charge in [0.15, 0.2) is 0 Å². The Morgan fingerprint density at radius 2 is 1.69 bits per heavy atom. The Morgan fingerprint density at radius 3 is 2.27 bits per heavy atom. The van der Waals surface area contributed by atoms with Crippen molar-refractivity contribution in [2.45, 2.75) is 30.7 Å². The van der Waals surface area contributed by atoms with Crippen LogP contribution in [-0.2, 0) is 14.8 Å². The summed E-state index contributed by atoms with van der Waals surface area (Å²) < 4.78 is 26.7. The number of carbonyl (C=O) groups excluding carboxylic acids is 2. The molecule has 1 saturated heterocycles. The second-order valence-corrected chi connectivity index (χ2v) is 8.73. The number of urea groups is 1. The Labute approximate surface area is 153 Å². The highest BCUT2D eigenvalue weighted by Gasteiger charge is 2.29. The Morgan fingerprint density at radius 1 is 1.08 bits per heavy atom. The molecule has 1 aromatic carbocycles. The van der Waals surface area contributed by atoms with Crippen LogP contribution in [0.3, 0.4) is 0 Å². The van der Waals surface area contributed by atoms with Crippen LogP contribution in [0.2, 0.25) is 0 Å². The van der Waals surface area contributed by atoms with Crippen LogP contribution < -0.4 is 10.6 Å². The molecule has 2 aliphatic rings. The number of rotatable bonds is 5. The van der Waals surface area contributed by atoms with Gasteiger partial charge in [0.1, 0.15) is 0 Å². The van der Waals surface area contributed by atoms with Crippen molar-refractivity contribution in [3.63, 3.8) is 0 Å². The summed E-state index contributed by atoms with van der Waals surface area (Å²) in [6, 6.07) is 6.52. The molecule has 1 aliphatic heterocycles. The first kappa shape index (κ1) is 18.8. The third-order valence-corrected chi connectivity index (χ3v) is 6.44. The van der Waals surface area contributed by atoms with E-state index in [9.17, 15) is 18.0 Å². The SMILES string of the molecule is Cc1ccc(S(=O)(=O)N2CCN(CC(=O)NC(=O)NC3CC3)CC2)cc1. The van der Waals surface area contributed by atoms with E-state index in [1.54, 1.807) is 24.3 Å². The molecule has 142 valence electrons. The van der Waals surface area contributed by atoms with E-state index in [2.05, 4.69) is 10.6 Å². The Hall–Kier alpha value is -1.97. The number of imide groups is 1. The molecule has 1 aromatic rings. The van der Waals surface area contributed by atoms with E-state index in [-0.39, 0.29) is 23.4 Å². The van der Waals surface area contributed by atoms with E-state index >= 15 is 0 Å². The van der Waals surface area contributed by atoms with Crippen LogP contribution >= 0.6 is 0 Å². The number of sulfonamides is 1. The lowest BCUT2D eigenvalue weighted by molar-refractivity contribution is -0.121. The van der Waals surface area contributed by atoms with Crippen molar-refractivity contribution in [2.75, 3.05) is 32.7 Å². The molecule has 0 radical (unpaired) electrons. The van der Waals surface area contributed by atoms with Crippen molar-refractivity contribution in [3.05, 3.63) is 29.8 Å². The summed E-state index contributed by atoms with van der Waals surface area (Å²) in [5.41, 5.74) is 1.01. The summed E-state index contributed by atoms with van der Waals surface area (Å²) >= 11 is 0. The quantitative estimate of drug-likeness (QED) is 0.765. The zero-order valence-electron chi connectivity index (χ0n) is 14.8. The van der Waals surface area contributed by atoms with Crippen molar-refractivity contribution in [2.24, 2.45) is 0 Å². The zero-order chi connectivity index (χ0) is 18.7. The van der Waals surface area contributed by atoms with Gasteiger partial charge in [-0.05, 0) is 31.9 Å². The molecule has 0 aromatic heterocycles. The van der Waals surface area contributed by atoms with Gasteiger partial charge in [-0.15, -0.1) is 0 Å². The lowest BCUT2D eigenvalue weighted by atomic mass is 10.2. The van der Waals surface area contributed by atoms with Gasteiger partial charge in [-0.25, -0.2) is 13.2 Å². The first-order chi connectivity index (χ1) is 12.3. The summed E-state index contributed by atoms with van der Waals surface area (Å²) in [4.78, 5) is 25.6. The zero-order valence-corrected chi connectivity index (χ0v) is 15.6. The number of aryl methyl sites for hydroxylation is 1. The van der Waals surface area contributed by atoms with Gasteiger partial charge in [0.25, 0.3) is 0 Å². The van der Waals surface area contributed by atoms with Gasteiger partial charge >= 0.3 is 6.03 Å². The van der Waals surface area contributed by atoms with Crippen LogP contribution in [0.5, 0.6) is 0 Å². The lowest BCUT2D eigenvalue weighted by Crippen LogP contribution is -2.52. The Balaban J connectivity index is 1.48. The number of hydrogen-bond donors (Lipinski definition) is 2. The molecule has 1 aliphatic carbocycles. The molecule has 1 saturated carbocycles. The van der Waals surface area contributed by atoms with E-state index in [4.69, 9.17) is 0 Å². The number of benzene rings is 1. The molecule has 0 unspecified atom stereocenters. The lowest BCUT2D eigenvalue weighted by Gasteiger charge is -2.33. The van der Waals surface area contributed by atoms with E-state index < -0.39 is 16.1 Å². The first-order valence-corrected chi connectivity index (χ1v) is 10.2. The van der Waals surface area contributed by atoms with Crippen LogP contribution in [0.15, 0.2) is 29.2 Å². The minimum Gasteiger partial charge on any atom is -0.335 e. The van der Waals surface area contributed by atoms with Gasteiger partial charge in [-0.2, -0.15) is 4.31 Å². The number of hydrogen-bond acceptors (Lipinski definition) is 5. The molecule has 0 spiro atoms. The third-order valence-electron chi connectivity index (χ3n) is 4.52. The molecule has 0 bridgehead atoms. The van der Waals surface area contributed by atoms with Gasteiger partial charge in [0, 0.05) is 32.2 Å². The van der Waals surface area contributed by atoms with Crippen LogP contribution in [0.4, 0.5) is 4.79 Å². The molecule has 1 heterocycles. The maximum Gasteiger partial charge on any atom is 0.321 e. The van der Waals surface area contributed by atoms with Crippen LogP contribution in [0.1, 0.15) is 18.4 Å². The highest BCUT2D eigenvalue weighted by molar-refractivity contribution is 7.89. The van der Waals surface area contributed by atoms with Crippen molar-refractivity contribution in [3.8, 4) is 0 Å². The summed E-state index contributed by atoms with van der Waals surface area (Å²) in [5, 5.41) is 5.00. The standard InChI is InChI=1S/C17H24N4O4S/c1-13-2-6-15(7-3-13)26(24,25)21-10-8-20(9-11-21)12-16(22)19-17(23)18-14-4-5-14/h2-3,6-7,14H,4-5,8-12H2,1H3,(H2,18,19,22,23). The largest absolute Gasteiger partial charge is 0.335 e. The highest BCUT2D eigenvalue weighted by Crippen LogP contribution is 2.19. The molecule has 0 atom stereocenters. The Kier molecular flexibility index (Phi) is 5.59. The topological polar surface area (TPSA) is 98.8 Å². The highest BCUT2D eigenvalue weighted by atomic mass is 32.2. The van der Waals surface area contributed by atoms with Crippen LogP contribution in [0.25, 0.3) is 0 Å². The maximum atomic E-state index is 12.7. The summed E-state index contributed by atoms with van der Waals surface area (Å²) in [6.07, 6.45) is 1.91. The van der Waals surface area contributed by atoms with E-state index in [1.807, 2.05) is 11.8 Å². The number of nitrogens with zero attached hydrogens (tertiary/aromatic N) is 2. The van der Waals surface area contributed by atoms with Gasteiger partial charge in [-0.1, -0.05) is 17.7 Å². The van der Waals surface area contributed by atoms with Crippen molar-refractivity contribution < 1.29 is 18.0 Å². The Bertz CT molecular complexity index is 766. The third kappa shape index (κ3) is 4.80. The summed E-state index contributed by atoms with van der Waals surface area (Å²) in [6.45, 7) is 3.52. The molecule has 3 amide bonds. The van der Waals surface area contributed by atoms with E-state index in [0.29, 0.717) is 26.2 Å².